The highest BCUT2D eigenvalue weighted by Crippen LogP contribution is 2.11. The van der Waals surface area contributed by atoms with Gasteiger partial charge < -0.3 is 19.9 Å². The average Bonchev–Trinajstić information content (AvgIpc) is 3.17. The van der Waals surface area contributed by atoms with Crippen molar-refractivity contribution in [3.05, 3.63) is 71.2 Å². The van der Waals surface area contributed by atoms with Crippen LogP contribution in [0.3, 0.4) is 0 Å². The Balaban J connectivity index is 1.96. The van der Waals surface area contributed by atoms with Gasteiger partial charge in [0, 0.05) is 5.56 Å². The minimum atomic E-state index is -1.27. The minimum Gasteiger partial charge on any atom is -0.459 e. The zero-order valence-electron chi connectivity index (χ0n) is 15.2. The lowest BCUT2D eigenvalue weighted by atomic mass is 10.1. The number of nitrogens with one attached hydrogen (secondary N) is 2. The first-order valence-corrected chi connectivity index (χ1v) is 8.52. The van der Waals surface area contributed by atoms with Gasteiger partial charge in [0.15, 0.2) is 0 Å². The fourth-order valence-electron chi connectivity index (χ4n) is 2.33. The van der Waals surface area contributed by atoms with Gasteiger partial charge in [0.05, 0.1) is 6.10 Å². The molecule has 0 radical (unpaired) electrons. The molecule has 0 aliphatic heterocycles. The Bertz CT molecular complexity index is 852. The van der Waals surface area contributed by atoms with E-state index in [-0.39, 0.29) is 6.61 Å². The second kappa shape index (κ2) is 10.2. The molecule has 1 aromatic carbocycles. The molecule has 0 saturated carbocycles. The molecular weight excluding hydrogens is 364 g/mol. The molecule has 5 N–H and O–H groups in total. The molecule has 148 valence electrons. The molecule has 1 aromatic heterocycles. The van der Waals surface area contributed by atoms with Crippen molar-refractivity contribution in [2.75, 3.05) is 0 Å². The molecule has 8 heteroatoms. The third-order valence-electron chi connectivity index (χ3n) is 3.83. The molecule has 2 atom stereocenters. The number of benzene rings is 1. The number of aliphatic hydroxyl groups excluding tert-OH is 2. The first-order chi connectivity index (χ1) is 13.4. The highest BCUT2D eigenvalue weighted by atomic mass is 16.5. The first-order valence-electron chi connectivity index (χ1n) is 8.52. The summed E-state index contributed by atoms with van der Waals surface area (Å²) in [7, 11) is 0. The van der Waals surface area contributed by atoms with Gasteiger partial charge in [-0.2, -0.15) is 0 Å². The van der Waals surface area contributed by atoms with Gasteiger partial charge in [0.1, 0.15) is 24.2 Å². The van der Waals surface area contributed by atoms with Crippen molar-refractivity contribution in [3.63, 3.8) is 0 Å². The Morgan fingerprint density at radius 1 is 1.11 bits per heavy atom. The summed E-state index contributed by atoms with van der Waals surface area (Å²) in [6.07, 6.45) is 5.98. The number of amides is 2. The molecule has 0 bridgehead atoms. The van der Waals surface area contributed by atoms with E-state index in [1.54, 1.807) is 54.6 Å². The van der Waals surface area contributed by atoms with Crippen LogP contribution in [0.5, 0.6) is 0 Å². The van der Waals surface area contributed by atoms with Crippen LogP contribution in [0, 0.1) is 0 Å². The zero-order valence-corrected chi connectivity index (χ0v) is 15.2. The van der Waals surface area contributed by atoms with Crippen molar-refractivity contribution in [1.29, 1.82) is 0 Å². The molecule has 2 unspecified atom stereocenters. The van der Waals surface area contributed by atoms with Gasteiger partial charge in [0.25, 0.3) is 11.8 Å². The molecule has 1 heterocycles. The quantitative estimate of drug-likeness (QED) is 0.265. The molecule has 0 aliphatic carbocycles. The van der Waals surface area contributed by atoms with E-state index >= 15 is 0 Å². The first kappa shape index (κ1) is 21.1. The van der Waals surface area contributed by atoms with Gasteiger partial charge in [0.2, 0.25) is 0 Å². The Morgan fingerprint density at radius 2 is 1.79 bits per heavy atom. The van der Waals surface area contributed by atoms with Crippen LogP contribution in [0.25, 0.3) is 12.2 Å². The van der Waals surface area contributed by atoms with Gasteiger partial charge in [-0.15, -0.1) is 0 Å². The normalized spacial score (nSPS) is 13.6. The van der Waals surface area contributed by atoms with E-state index in [2.05, 4.69) is 5.32 Å². The maximum absolute atomic E-state index is 12.2. The molecule has 2 rings (SSSR count). The summed E-state index contributed by atoms with van der Waals surface area (Å²) in [5, 5.41) is 29.5. The predicted molar refractivity (Wildman–Crippen MR) is 102 cm³/mol. The highest BCUT2D eigenvalue weighted by Gasteiger charge is 2.25. The van der Waals surface area contributed by atoms with Gasteiger partial charge in [-0.25, -0.2) is 5.48 Å². The molecular formula is C20H22N2O6. The fourth-order valence-corrected chi connectivity index (χ4v) is 2.33. The molecule has 0 spiro atoms. The summed E-state index contributed by atoms with van der Waals surface area (Å²) >= 11 is 0. The number of furan rings is 1. The molecule has 2 amide bonds. The van der Waals surface area contributed by atoms with E-state index < -0.39 is 24.0 Å². The second-order valence-electron chi connectivity index (χ2n) is 5.97. The molecule has 8 nitrogen and oxygen atoms in total. The third-order valence-corrected chi connectivity index (χ3v) is 3.83. The summed E-state index contributed by atoms with van der Waals surface area (Å²) in [6.45, 7) is 1.18. The number of hydrogen-bond donors (Lipinski definition) is 5. The standard InChI is InChI=1S/C20H22N2O6/c1-13(24)18(20(26)22-27)21-19(25)15-8-6-14(7-9-15)4-2-3-5-16-10-11-17(12-23)28-16/h2-11,13,18,23-24,27H,12H2,1H3,(H,21,25)(H,22,26)/b4-2+,5-3+. The Hall–Kier alpha value is -3.20. The Labute approximate surface area is 161 Å². The maximum atomic E-state index is 12.2. The van der Waals surface area contributed by atoms with Crippen LogP contribution >= 0.6 is 0 Å². The van der Waals surface area contributed by atoms with Crippen LogP contribution in [-0.2, 0) is 11.4 Å². The lowest BCUT2D eigenvalue weighted by Gasteiger charge is -2.19. The van der Waals surface area contributed by atoms with Crippen LogP contribution in [0.4, 0.5) is 0 Å². The SMILES string of the molecule is CC(O)C(NC(=O)c1ccc(/C=C/C=C/c2ccc(CO)o2)cc1)C(=O)NO. The minimum absolute atomic E-state index is 0.147. The summed E-state index contributed by atoms with van der Waals surface area (Å²) in [6, 6.07) is 8.78. The maximum Gasteiger partial charge on any atom is 0.268 e. The van der Waals surface area contributed by atoms with E-state index in [0.717, 1.165) is 5.56 Å². The monoisotopic (exact) mass is 386 g/mol. The van der Waals surface area contributed by atoms with E-state index in [1.165, 1.54) is 12.4 Å². The lowest BCUT2D eigenvalue weighted by Crippen LogP contribution is -2.51. The summed E-state index contributed by atoms with van der Waals surface area (Å²) in [4.78, 5) is 23.7. The molecule has 0 saturated heterocycles. The van der Waals surface area contributed by atoms with Crippen molar-refractivity contribution in [2.45, 2.75) is 25.7 Å². The van der Waals surface area contributed by atoms with Crippen LogP contribution in [-0.4, -0.2) is 39.4 Å². The van der Waals surface area contributed by atoms with Crippen molar-refractivity contribution in [2.24, 2.45) is 0 Å². The van der Waals surface area contributed by atoms with E-state index in [0.29, 0.717) is 17.1 Å². The molecule has 2 aromatic rings. The number of carbonyl (C=O) groups excluding carboxylic acids is 2. The van der Waals surface area contributed by atoms with E-state index in [4.69, 9.17) is 14.7 Å². The number of aliphatic hydroxyl groups is 2. The summed E-state index contributed by atoms with van der Waals surface area (Å²) < 4.78 is 5.32. The number of carbonyl (C=O) groups is 2. The summed E-state index contributed by atoms with van der Waals surface area (Å²) in [5.41, 5.74) is 2.56. The molecule has 0 aliphatic rings. The smallest absolute Gasteiger partial charge is 0.268 e. The second-order valence-corrected chi connectivity index (χ2v) is 5.97. The van der Waals surface area contributed by atoms with E-state index in [1.807, 2.05) is 6.08 Å². The van der Waals surface area contributed by atoms with Gasteiger partial charge >= 0.3 is 0 Å². The van der Waals surface area contributed by atoms with Crippen molar-refractivity contribution in [1.82, 2.24) is 10.8 Å². The zero-order chi connectivity index (χ0) is 20.5. The van der Waals surface area contributed by atoms with Crippen LogP contribution in [0.15, 0.2) is 53.0 Å². The van der Waals surface area contributed by atoms with Gasteiger partial charge in [-0.05, 0) is 42.8 Å². The van der Waals surface area contributed by atoms with Crippen LogP contribution < -0.4 is 10.8 Å². The predicted octanol–water partition coefficient (Wildman–Crippen LogP) is 1.48. The topological polar surface area (TPSA) is 132 Å². The van der Waals surface area contributed by atoms with Crippen molar-refractivity contribution >= 4 is 24.0 Å². The number of rotatable bonds is 8. The van der Waals surface area contributed by atoms with Crippen LogP contribution in [0.2, 0.25) is 0 Å². The largest absolute Gasteiger partial charge is 0.459 e. The van der Waals surface area contributed by atoms with Crippen molar-refractivity contribution in [3.8, 4) is 0 Å². The third kappa shape index (κ3) is 5.92. The van der Waals surface area contributed by atoms with E-state index in [9.17, 15) is 14.7 Å². The average molecular weight is 386 g/mol. The molecule has 28 heavy (non-hydrogen) atoms. The fraction of sp³-hybridized carbons (Fsp3) is 0.200. The number of hydroxylamine groups is 1. The Kier molecular flexibility index (Phi) is 7.70. The van der Waals surface area contributed by atoms with Gasteiger partial charge in [-0.3, -0.25) is 14.8 Å². The molecule has 0 fully saturated rings. The van der Waals surface area contributed by atoms with Gasteiger partial charge in [-0.1, -0.05) is 30.4 Å². The number of allylic oxidation sites excluding steroid dienone is 2. The highest BCUT2D eigenvalue weighted by molar-refractivity contribution is 5.97. The lowest BCUT2D eigenvalue weighted by molar-refractivity contribution is -0.133. The summed E-state index contributed by atoms with van der Waals surface area (Å²) in [5.74, 6) is -0.341. The Morgan fingerprint density at radius 3 is 2.36 bits per heavy atom. The number of hydrogen-bond acceptors (Lipinski definition) is 6. The van der Waals surface area contributed by atoms with Crippen LogP contribution in [0.1, 0.15) is 34.4 Å². The van der Waals surface area contributed by atoms with Crippen molar-refractivity contribution < 1.29 is 29.4 Å².